The second-order valence-electron chi connectivity index (χ2n) is 4.06. The molecule has 0 aromatic carbocycles. The van der Waals surface area contributed by atoms with E-state index in [-0.39, 0.29) is 12.5 Å². The molecule has 0 radical (unpaired) electrons. The van der Waals surface area contributed by atoms with Crippen molar-refractivity contribution in [3.63, 3.8) is 0 Å². The van der Waals surface area contributed by atoms with E-state index < -0.39 is 0 Å². The fourth-order valence-corrected chi connectivity index (χ4v) is 1.39. The van der Waals surface area contributed by atoms with Crippen molar-refractivity contribution in [1.29, 1.82) is 5.26 Å². The summed E-state index contributed by atoms with van der Waals surface area (Å²) < 4.78 is 0. The number of carbonyl (C=O) groups is 1. The first-order valence-electron chi connectivity index (χ1n) is 5.76. The molecule has 96 valence electrons. The number of carbonyl (C=O) groups excluding carboxylic acids is 1. The van der Waals surface area contributed by atoms with Gasteiger partial charge in [-0.2, -0.15) is 5.26 Å². The Morgan fingerprint density at radius 2 is 2.22 bits per heavy atom. The maximum Gasteiger partial charge on any atom is 0.241 e. The first-order valence-corrected chi connectivity index (χ1v) is 5.76. The standard InChI is InChI=1S/C12H17N5O/c1-4-7-17(9-11(18)16(2)3)12-14-6-5-10(8-13)15-12/h5-6H,4,7,9H2,1-3H3. The maximum atomic E-state index is 11.7. The monoisotopic (exact) mass is 247 g/mol. The summed E-state index contributed by atoms with van der Waals surface area (Å²) in [5, 5.41) is 8.81. The van der Waals surface area contributed by atoms with Crippen LogP contribution in [0.15, 0.2) is 12.3 Å². The van der Waals surface area contributed by atoms with Crippen molar-refractivity contribution in [2.45, 2.75) is 13.3 Å². The predicted octanol–water partition coefficient (Wildman–Crippen LogP) is 0.653. The van der Waals surface area contributed by atoms with Crippen molar-refractivity contribution >= 4 is 11.9 Å². The van der Waals surface area contributed by atoms with Gasteiger partial charge in [0.2, 0.25) is 11.9 Å². The molecule has 6 nitrogen and oxygen atoms in total. The van der Waals surface area contributed by atoms with E-state index >= 15 is 0 Å². The molecule has 0 aliphatic heterocycles. The molecular formula is C12H17N5O. The number of nitriles is 1. The third kappa shape index (κ3) is 3.70. The smallest absolute Gasteiger partial charge is 0.241 e. The van der Waals surface area contributed by atoms with E-state index in [1.807, 2.05) is 13.0 Å². The number of rotatable bonds is 5. The SMILES string of the molecule is CCCN(CC(=O)N(C)C)c1nccc(C#N)n1. The summed E-state index contributed by atoms with van der Waals surface area (Å²) in [6.45, 7) is 2.91. The van der Waals surface area contributed by atoms with Crippen molar-refractivity contribution in [3.8, 4) is 6.07 Å². The van der Waals surface area contributed by atoms with Gasteiger partial charge in [-0.25, -0.2) is 9.97 Å². The Balaban J connectivity index is 2.90. The number of anilines is 1. The number of hydrogen-bond acceptors (Lipinski definition) is 5. The number of hydrogen-bond donors (Lipinski definition) is 0. The largest absolute Gasteiger partial charge is 0.347 e. The topological polar surface area (TPSA) is 73.1 Å². The molecule has 0 aliphatic rings. The van der Waals surface area contributed by atoms with E-state index in [2.05, 4.69) is 9.97 Å². The third-order valence-electron chi connectivity index (χ3n) is 2.36. The van der Waals surface area contributed by atoms with E-state index in [4.69, 9.17) is 5.26 Å². The molecule has 0 saturated heterocycles. The molecule has 0 bridgehead atoms. The summed E-state index contributed by atoms with van der Waals surface area (Å²) in [5.41, 5.74) is 0.304. The van der Waals surface area contributed by atoms with Gasteiger partial charge in [0.1, 0.15) is 11.8 Å². The lowest BCUT2D eigenvalue weighted by molar-refractivity contribution is -0.127. The summed E-state index contributed by atoms with van der Waals surface area (Å²) in [7, 11) is 3.41. The van der Waals surface area contributed by atoms with Gasteiger partial charge in [-0.3, -0.25) is 4.79 Å². The lowest BCUT2D eigenvalue weighted by Gasteiger charge is -2.23. The molecular weight excluding hydrogens is 230 g/mol. The summed E-state index contributed by atoms with van der Waals surface area (Å²) in [5.74, 6) is 0.403. The molecule has 1 heterocycles. The van der Waals surface area contributed by atoms with E-state index in [0.29, 0.717) is 18.2 Å². The normalized spacial score (nSPS) is 9.67. The van der Waals surface area contributed by atoms with Crippen LogP contribution < -0.4 is 4.90 Å². The third-order valence-corrected chi connectivity index (χ3v) is 2.36. The molecule has 0 unspecified atom stereocenters. The number of likely N-dealkylation sites (N-methyl/N-ethyl adjacent to an activating group) is 1. The van der Waals surface area contributed by atoms with Crippen LogP contribution in [0.1, 0.15) is 19.0 Å². The zero-order chi connectivity index (χ0) is 13.5. The van der Waals surface area contributed by atoms with Crippen LogP contribution in [-0.4, -0.2) is 48.0 Å². The first-order chi connectivity index (χ1) is 8.58. The van der Waals surface area contributed by atoms with Crippen LogP contribution in [0.3, 0.4) is 0 Å². The number of nitrogens with zero attached hydrogens (tertiary/aromatic N) is 5. The van der Waals surface area contributed by atoms with Crippen molar-refractivity contribution in [2.24, 2.45) is 0 Å². The number of aromatic nitrogens is 2. The summed E-state index contributed by atoms with van der Waals surface area (Å²) >= 11 is 0. The molecule has 1 rings (SSSR count). The second-order valence-corrected chi connectivity index (χ2v) is 4.06. The lowest BCUT2D eigenvalue weighted by atomic mass is 10.4. The Morgan fingerprint density at radius 1 is 1.50 bits per heavy atom. The van der Waals surface area contributed by atoms with Gasteiger partial charge in [-0.05, 0) is 12.5 Å². The van der Waals surface area contributed by atoms with Crippen molar-refractivity contribution < 1.29 is 4.79 Å². The highest BCUT2D eigenvalue weighted by Crippen LogP contribution is 2.08. The highest BCUT2D eigenvalue weighted by atomic mass is 16.2. The van der Waals surface area contributed by atoms with Crippen LogP contribution in [0.25, 0.3) is 0 Å². The van der Waals surface area contributed by atoms with E-state index in [0.717, 1.165) is 6.42 Å². The van der Waals surface area contributed by atoms with Crippen LogP contribution in [-0.2, 0) is 4.79 Å². The lowest BCUT2D eigenvalue weighted by Crippen LogP contribution is -2.38. The Morgan fingerprint density at radius 3 is 2.78 bits per heavy atom. The minimum absolute atomic E-state index is 0.0191. The second kappa shape index (κ2) is 6.55. The van der Waals surface area contributed by atoms with E-state index in [1.54, 1.807) is 25.1 Å². The molecule has 0 fully saturated rings. The summed E-state index contributed by atoms with van der Waals surface area (Å²) in [6.07, 6.45) is 2.41. The quantitative estimate of drug-likeness (QED) is 0.764. The van der Waals surface area contributed by atoms with E-state index in [1.165, 1.54) is 11.1 Å². The van der Waals surface area contributed by atoms with Gasteiger partial charge in [-0.15, -0.1) is 0 Å². The molecule has 0 saturated carbocycles. The van der Waals surface area contributed by atoms with E-state index in [9.17, 15) is 4.79 Å². The van der Waals surface area contributed by atoms with Crippen LogP contribution in [0.4, 0.5) is 5.95 Å². The van der Waals surface area contributed by atoms with Gasteiger partial charge in [0, 0.05) is 26.8 Å². The van der Waals surface area contributed by atoms with Crippen LogP contribution >= 0.6 is 0 Å². The van der Waals surface area contributed by atoms with Crippen molar-refractivity contribution in [1.82, 2.24) is 14.9 Å². The summed E-state index contributed by atoms with van der Waals surface area (Å²) in [4.78, 5) is 23.2. The fourth-order valence-electron chi connectivity index (χ4n) is 1.39. The highest BCUT2D eigenvalue weighted by Gasteiger charge is 2.14. The average molecular weight is 247 g/mol. The van der Waals surface area contributed by atoms with Crippen LogP contribution in [0, 0.1) is 11.3 Å². The minimum Gasteiger partial charge on any atom is -0.347 e. The Hall–Kier alpha value is -2.16. The van der Waals surface area contributed by atoms with Crippen LogP contribution in [0.2, 0.25) is 0 Å². The molecule has 1 aromatic rings. The van der Waals surface area contributed by atoms with Gasteiger partial charge < -0.3 is 9.80 Å². The Labute approximate surface area is 107 Å². The molecule has 0 atom stereocenters. The Bertz CT molecular complexity index is 452. The zero-order valence-electron chi connectivity index (χ0n) is 10.9. The molecule has 0 spiro atoms. The van der Waals surface area contributed by atoms with Crippen molar-refractivity contribution in [3.05, 3.63) is 18.0 Å². The van der Waals surface area contributed by atoms with Gasteiger partial charge in [-0.1, -0.05) is 6.92 Å². The minimum atomic E-state index is -0.0191. The van der Waals surface area contributed by atoms with Gasteiger partial charge in [0.25, 0.3) is 0 Å². The molecule has 0 N–H and O–H groups in total. The molecule has 0 aliphatic carbocycles. The first kappa shape index (κ1) is 13.9. The average Bonchev–Trinajstić information content (AvgIpc) is 2.38. The molecule has 1 amide bonds. The summed E-state index contributed by atoms with van der Waals surface area (Å²) in [6, 6.07) is 3.51. The molecule has 1 aromatic heterocycles. The van der Waals surface area contributed by atoms with Crippen molar-refractivity contribution in [2.75, 3.05) is 32.1 Å². The van der Waals surface area contributed by atoms with Gasteiger partial charge in [0.05, 0.1) is 6.54 Å². The molecule has 6 heteroatoms. The van der Waals surface area contributed by atoms with Crippen LogP contribution in [0.5, 0.6) is 0 Å². The Kier molecular flexibility index (Phi) is 5.06. The predicted molar refractivity (Wildman–Crippen MR) is 67.9 cm³/mol. The maximum absolute atomic E-state index is 11.7. The van der Waals surface area contributed by atoms with Gasteiger partial charge in [0.15, 0.2) is 0 Å². The highest BCUT2D eigenvalue weighted by molar-refractivity contribution is 5.80. The fraction of sp³-hybridized carbons (Fsp3) is 0.500. The molecule has 18 heavy (non-hydrogen) atoms. The number of amides is 1. The zero-order valence-corrected chi connectivity index (χ0v) is 10.9. The van der Waals surface area contributed by atoms with Gasteiger partial charge >= 0.3 is 0 Å².